The molecule has 0 saturated carbocycles. The van der Waals surface area contributed by atoms with Gasteiger partial charge in [-0.25, -0.2) is 4.98 Å². The zero-order valence-corrected chi connectivity index (χ0v) is 9.26. The predicted molar refractivity (Wildman–Crippen MR) is 48.4 cm³/mol. The van der Waals surface area contributed by atoms with Crippen LogP contribution in [0.1, 0.15) is 11.3 Å². The van der Waals surface area contributed by atoms with Crippen LogP contribution in [-0.4, -0.2) is 23.6 Å². The average Bonchev–Trinajstić information content (AvgIpc) is 2.25. The molecule has 0 fully saturated rings. The molecule has 0 amide bonds. The van der Waals surface area contributed by atoms with E-state index < -0.39 is 41.9 Å². The first-order valence-electron chi connectivity index (χ1n) is 4.59. The summed E-state index contributed by atoms with van der Waals surface area (Å²) >= 11 is 0. The molecule has 0 atom stereocenters. The van der Waals surface area contributed by atoms with Crippen LogP contribution in [0.2, 0.25) is 0 Å². The van der Waals surface area contributed by atoms with Gasteiger partial charge in [-0.3, -0.25) is 0 Å². The summed E-state index contributed by atoms with van der Waals surface area (Å²) in [5.74, 6) is -2.50. The van der Waals surface area contributed by atoms with Gasteiger partial charge in [-0.2, -0.15) is 13.2 Å². The highest BCUT2D eigenvalue weighted by Crippen LogP contribution is 2.43. The molecule has 1 aromatic heterocycles. The summed E-state index contributed by atoms with van der Waals surface area (Å²) in [6.45, 7) is -0.993. The van der Waals surface area contributed by atoms with Gasteiger partial charge in [0.2, 0.25) is 0 Å². The third-order valence-electron chi connectivity index (χ3n) is 1.92. The van der Waals surface area contributed by atoms with Gasteiger partial charge in [0.1, 0.15) is 0 Å². The van der Waals surface area contributed by atoms with Gasteiger partial charge in [-0.15, -0.1) is 13.2 Å². The first-order chi connectivity index (χ1) is 8.60. The fourth-order valence-corrected chi connectivity index (χ4v) is 1.24. The number of methoxy groups -OCH3 is 1. The van der Waals surface area contributed by atoms with E-state index in [1.54, 1.807) is 0 Å². The first kappa shape index (κ1) is 15.3. The van der Waals surface area contributed by atoms with Crippen LogP contribution >= 0.6 is 0 Å². The number of alkyl halides is 6. The van der Waals surface area contributed by atoms with Crippen LogP contribution in [0.3, 0.4) is 0 Å². The van der Waals surface area contributed by atoms with E-state index in [1.165, 1.54) is 0 Å². The van der Waals surface area contributed by atoms with E-state index in [4.69, 9.17) is 5.11 Å². The molecule has 0 radical (unpaired) electrons. The van der Waals surface area contributed by atoms with Crippen molar-refractivity contribution < 1.29 is 40.9 Å². The molecular weight excluding hydrogens is 284 g/mol. The van der Waals surface area contributed by atoms with E-state index >= 15 is 0 Å². The molecule has 19 heavy (non-hydrogen) atoms. The molecule has 1 heterocycles. The highest BCUT2D eigenvalue weighted by molar-refractivity contribution is 5.49. The highest BCUT2D eigenvalue weighted by Gasteiger charge is 2.41. The van der Waals surface area contributed by atoms with Crippen LogP contribution in [0.5, 0.6) is 11.5 Å². The van der Waals surface area contributed by atoms with Crippen molar-refractivity contribution in [1.82, 2.24) is 4.98 Å². The summed E-state index contributed by atoms with van der Waals surface area (Å²) in [7, 11) is 0.733. The molecule has 0 aliphatic carbocycles. The zero-order chi connectivity index (χ0) is 14.8. The van der Waals surface area contributed by atoms with Gasteiger partial charge in [0.25, 0.3) is 0 Å². The van der Waals surface area contributed by atoms with Crippen molar-refractivity contribution in [1.29, 1.82) is 0 Å². The third-order valence-corrected chi connectivity index (χ3v) is 1.92. The quantitative estimate of drug-likeness (QED) is 0.869. The maximum atomic E-state index is 12.5. The van der Waals surface area contributed by atoms with Crippen LogP contribution in [0.4, 0.5) is 26.3 Å². The van der Waals surface area contributed by atoms with Crippen molar-refractivity contribution in [3.05, 3.63) is 17.5 Å². The number of aromatic nitrogens is 1. The Morgan fingerprint density at radius 2 is 1.74 bits per heavy atom. The molecule has 0 spiro atoms. The van der Waals surface area contributed by atoms with Crippen molar-refractivity contribution in [3.63, 3.8) is 0 Å². The van der Waals surface area contributed by atoms with Gasteiger partial charge in [-0.1, -0.05) is 0 Å². The fraction of sp³-hybridized carbons (Fsp3) is 0.444. The number of rotatable bonds is 3. The monoisotopic (exact) mass is 291 g/mol. The number of aliphatic hydroxyl groups is 1. The number of aliphatic hydroxyl groups excluding tert-OH is 1. The Morgan fingerprint density at radius 1 is 1.16 bits per heavy atom. The van der Waals surface area contributed by atoms with Gasteiger partial charge >= 0.3 is 12.5 Å². The van der Waals surface area contributed by atoms with Gasteiger partial charge in [0, 0.05) is 11.8 Å². The standard InChI is InChI=1S/C9H7F6NO3/c1-18-6-5(19-9(13,14)15)4(3-17)2-16-7(6)8(10,11)12/h2,17H,3H2,1H3. The minimum atomic E-state index is -5.23. The topological polar surface area (TPSA) is 51.6 Å². The Kier molecular flexibility index (Phi) is 4.13. The molecule has 1 N–H and O–H groups in total. The molecule has 108 valence electrons. The molecule has 0 aliphatic heterocycles. The number of hydrogen-bond donors (Lipinski definition) is 1. The summed E-state index contributed by atoms with van der Waals surface area (Å²) in [5, 5.41) is 8.80. The SMILES string of the molecule is COc1c(C(F)(F)F)ncc(CO)c1OC(F)(F)F. The number of nitrogens with zero attached hydrogens (tertiary/aromatic N) is 1. The van der Waals surface area contributed by atoms with Gasteiger partial charge < -0.3 is 14.6 Å². The summed E-state index contributed by atoms with van der Waals surface area (Å²) in [4.78, 5) is 2.92. The fourth-order valence-electron chi connectivity index (χ4n) is 1.24. The summed E-state index contributed by atoms with van der Waals surface area (Å²) in [6, 6.07) is 0. The van der Waals surface area contributed by atoms with Crippen LogP contribution in [0, 0.1) is 0 Å². The molecule has 0 aliphatic rings. The number of ether oxygens (including phenoxy) is 2. The highest BCUT2D eigenvalue weighted by atomic mass is 19.4. The van der Waals surface area contributed by atoms with Gasteiger partial charge in [0.05, 0.1) is 13.7 Å². The van der Waals surface area contributed by atoms with Crippen LogP contribution < -0.4 is 9.47 Å². The molecule has 0 unspecified atom stereocenters. The van der Waals surface area contributed by atoms with E-state index in [9.17, 15) is 26.3 Å². The number of pyridine rings is 1. The Morgan fingerprint density at radius 3 is 2.11 bits per heavy atom. The van der Waals surface area contributed by atoms with Gasteiger partial charge in [-0.05, 0) is 0 Å². The largest absolute Gasteiger partial charge is 0.573 e. The van der Waals surface area contributed by atoms with Crippen molar-refractivity contribution in [2.45, 2.75) is 19.1 Å². The Balaban J connectivity index is 3.46. The van der Waals surface area contributed by atoms with Crippen molar-refractivity contribution in [2.24, 2.45) is 0 Å². The lowest BCUT2D eigenvalue weighted by atomic mass is 10.2. The number of hydrogen-bond acceptors (Lipinski definition) is 4. The summed E-state index contributed by atoms with van der Waals surface area (Å²) in [5.41, 5.74) is -2.26. The van der Waals surface area contributed by atoms with Crippen molar-refractivity contribution >= 4 is 0 Å². The molecular formula is C9H7F6NO3. The van der Waals surface area contributed by atoms with E-state index in [2.05, 4.69) is 14.5 Å². The predicted octanol–water partition coefficient (Wildman–Crippen LogP) is 2.50. The maximum absolute atomic E-state index is 12.5. The minimum Gasteiger partial charge on any atom is -0.491 e. The van der Waals surface area contributed by atoms with E-state index in [0.717, 1.165) is 7.11 Å². The van der Waals surface area contributed by atoms with Crippen LogP contribution in [0.25, 0.3) is 0 Å². The zero-order valence-electron chi connectivity index (χ0n) is 9.26. The normalized spacial score (nSPS) is 12.4. The lowest BCUT2D eigenvalue weighted by molar-refractivity contribution is -0.275. The Hall–Kier alpha value is -1.71. The Bertz CT molecular complexity index is 456. The Labute approximate surface area is 102 Å². The second kappa shape index (κ2) is 5.11. The van der Waals surface area contributed by atoms with Crippen LogP contribution in [0.15, 0.2) is 6.20 Å². The molecule has 10 heteroatoms. The van der Waals surface area contributed by atoms with Crippen molar-refractivity contribution in [2.75, 3.05) is 7.11 Å². The first-order valence-corrected chi connectivity index (χ1v) is 4.59. The van der Waals surface area contributed by atoms with E-state index in [1.807, 2.05) is 0 Å². The maximum Gasteiger partial charge on any atom is 0.573 e. The van der Waals surface area contributed by atoms with Crippen molar-refractivity contribution in [3.8, 4) is 11.5 Å². The smallest absolute Gasteiger partial charge is 0.491 e. The molecule has 4 nitrogen and oxygen atoms in total. The van der Waals surface area contributed by atoms with E-state index in [-0.39, 0.29) is 0 Å². The lowest BCUT2D eigenvalue weighted by Gasteiger charge is -2.18. The molecule has 1 aromatic rings. The third kappa shape index (κ3) is 3.63. The molecule has 0 saturated heterocycles. The summed E-state index contributed by atoms with van der Waals surface area (Å²) in [6.07, 6.45) is -9.82. The second-order valence-corrected chi connectivity index (χ2v) is 3.20. The summed E-state index contributed by atoms with van der Waals surface area (Å²) < 4.78 is 81.8. The molecule has 0 aromatic carbocycles. The van der Waals surface area contributed by atoms with Crippen LogP contribution in [-0.2, 0) is 12.8 Å². The van der Waals surface area contributed by atoms with Gasteiger partial charge in [0.15, 0.2) is 17.2 Å². The lowest BCUT2D eigenvalue weighted by Crippen LogP contribution is -2.20. The molecule has 1 rings (SSSR count). The second-order valence-electron chi connectivity index (χ2n) is 3.20. The number of halogens is 6. The minimum absolute atomic E-state index is 0.437. The molecule has 0 bridgehead atoms. The van der Waals surface area contributed by atoms with E-state index in [0.29, 0.717) is 6.20 Å². The average molecular weight is 291 g/mol.